The molecule has 3 rings (SSSR count). The Bertz CT molecular complexity index is 714. The molecule has 2 aromatic rings. The van der Waals surface area contributed by atoms with Gasteiger partial charge >= 0.3 is 12.1 Å². The number of benzene rings is 2. The van der Waals surface area contributed by atoms with Crippen molar-refractivity contribution in [3.05, 3.63) is 65.7 Å². The topological polar surface area (TPSA) is 66.8 Å². The highest BCUT2D eigenvalue weighted by Crippen LogP contribution is 2.34. The molecule has 0 saturated carbocycles. The van der Waals surface area contributed by atoms with E-state index in [1.807, 2.05) is 54.6 Å². The zero-order valence-corrected chi connectivity index (χ0v) is 12.5. The Labute approximate surface area is 134 Å². The molecule has 2 aromatic carbocycles. The van der Waals surface area contributed by atoms with Crippen molar-refractivity contribution in [1.82, 2.24) is 0 Å². The molecule has 0 unspecified atom stereocenters. The van der Waals surface area contributed by atoms with Gasteiger partial charge in [0.15, 0.2) is 0 Å². The minimum absolute atomic E-state index is 0.102. The van der Waals surface area contributed by atoms with Crippen LogP contribution in [0.25, 0.3) is 0 Å². The van der Waals surface area contributed by atoms with Crippen LogP contribution in [0.3, 0.4) is 0 Å². The smallest absolute Gasteiger partial charge is 0.414 e. The van der Waals surface area contributed by atoms with E-state index in [1.165, 1.54) is 4.90 Å². The summed E-state index contributed by atoms with van der Waals surface area (Å²) in [6, 6.07) is 16.4. The van der Waals surface area contributed by atoms with Gasteiger partial charge in [0.2, 0.25) is 0 Å². The highest BCUT2D eigenvalue weighted by Gasteiger charge is 2.35. The minimum atomic E-state index is -0.927. The first-order valence-electron chi connectivity index (χ1n) is 7.45. The first-order valence-corrected chi connectivity index (χ1v) is 7.45. The summed E-state index contributed by atoms with van der Waals surface area (Å²) in [5.74, 6) is -0.927. The zero-order chi connectivity index (χ0) is 16.2. The normalized spacial score (nSPS) is 16.0. The molecule has 118 valence electrons. The third-order valence-corrected chi connectivity index (χ3v) is 3.88. The van der Waals surface area contributed by atoms with E-state index in [0.29, 0.717) is 6.42 Å². The van der Waals surface area contributed by atoms with Gasteiger partial charge in [0.05, 0.1) is 18.2 Å². The Balaban J connectivity index is 1.76. The lowest BCUT2D eigenvalue weighted by Crippen LogP contribution is -2.39. The monoisotopic (exact) mass is 311 g/mol. The molecule has 0 radical (unpaired) electrons. The molecule has 0 fully saturated rings. The maximum absolute atomic E-state index is 12.5. The van der Waals surface area contributed by atoms with Crippen LogP contribution in [0.4, 0.5) is 10.5 Å². The Morgan fingerprint density at radius 1 is 1.09 bits per heavy atom. The third kappa shape index (κ3) is 3.34. The number of hydrogen-bond donors (Lipinski definition) is 1. The van der Waals surface area contributed by atoms with Crippen LogP contribution in [0.2, 0.25) is 0 Å². The Kier molecular flexibility index (Phi) is 4.28. The molecule has 1 aliphatic heterocycles. The molecule has 0 bridgehead atoms. The fourth-order valence-corrected chi connectivity index (χ4v) is 2.86. The average molecular weight is 311 g/mol. The van der Waals surface area contributed by atoms with Crippen LogP contribution in [-0.2, 0) is 22.6 Å². The Morgan fingerprint density at radius 2 is 1.78 bits per heavy atom. The summed E-state index contributed by atoms with van der Waals surface area (Å²) >= 11 is 0. The summed E-state index contributed by atoms with van der Waals surface area (Å²) in [5.41, 5.74) is 2.59. The molecule has 0 aromatic heterocycles. The Morgan fingerprint density at radius 3 is 2.52 bits per heavy atom. The molecular formula is C18H17NO4. The van der Waals surface area contributed by atoms with Gasteiger partial charge in [-0.05, 0) is 23.6 Å². The van der Waals surface area contributed by atoms with Crippen molar-refractivity contribution in [3.63, 3.8) is 0 Å². The largest absolute Gasteiger partial charge is 0.481 e. The summed E-state index contributed by atoms with van der Waals surface area (Å²) < 4.78 is 5.37. The Hall–Kier alpha value is -2.82. The van der Waals surface area contributed by atoms with E-state index in [0.717, 1.165) is 16.8 Å². The molecule has 0 spiro atoms. The van der Waals surface area contributed by atoms with Crippen molar-refractivity contribution in [2.45, 2.75) is 25.5 Å². The second-order valence-electron chi connectivity index (χ2n) is 5.49. The van der Waals surface area contributed by atoms with Gasteiger partial charge in [-0.15, -0.1) is 0 Å². The predicted molar refractivity (Wildman–Crippen MR) is 85.3 cm³/mol. The van der Waals surface area contributed by atoms with Crippen LogP contribution in [0, 0.1) is 0 Å². The summed E-state index contributed by atoms with van der Waals surface area (Å²) in [6.45, 7) is 0.165. The fourth-order valence-electron chi connectivity index (χ4n) is 2.86. The van der Waals surface area contributed by atoms with Gasteiger partial charge in [-0.3, -0.25) is 9.69 Å². The van der Waals surface area contributed by atoms with E-state index in [9.17, 15) is 9.59 Å². The SMILES string of the molecule is O=C(O)C[C@@H]1Cc2ccccc2N1C(=O)OCc1ccccc1. The number of nitrogens with zero attached hydrogens (tertiary/aromatic N) is 1. The summed E-state index contributed by atoms with van der Waals surface area (Å²) in [7, 11) is 0. The van der Waals surface area contributed by atoms with Gasteiger partial charge in [0.25, 0.3) is 0 Å². The summed E-state index contributed by atoms with van der Waals surface area (Å²) in [5, 5.41) is 9.08. The number of carboxylic acid groups (broad SMARTS) is 1. The van der Waals surface area contributed by atoms with Crippen molar-refractivity contribution in [2.24, 2.45) is 0 Å². The molecule has 1 N–H and O–H groups in total. The van der Waals surface area contributed by atoms with E-state index in [4.69, 9.17) is 9.84 Å². The zero-order valence-electron chi connectivity index (χ0n) is 12.5. The average Bonchev–Trinajstić information content (AvgIpc) is 2.90. The maximum atomic E-state index is 12.5. The van der Waals surface area contributed by atoms with Crippen molar-refractivity contribution in [3.8, 4) is 0 Å². The van der Waals surface area contributed by atoms with Gasteiger partial charge in [0.1, 0.15) is 6.61 Å². The molecule has 1 heterocycles. The third-order valence-electron chi connectivity index (χ3n) is 3.88. The molecule has 23 heavy (non-hydrogen) atoms. The number of ether oxygens (including phenoxy) is 1. The number of carbonyl (C=O) groups excluding carboxylic acids is 1. The number of carboxylic acids is 1. The number of hydrogen-bond acceptors (Lipinski definition) is 3. The standard InChI is InChI=1S/C18H17NO4/c20-17(21)11-15-10-14-8-4-5-9-16(14)19(15)18(22)23-12-13-6-2-1-3-7-13/h1-9,15H,10-12H2,(H,20,21)/t15-/m0/s1. The quantitative estimate of drug-likeness (QED) is 0.941. The van der Waals surface area contributed by atoms with E-state index in [-0.39, 0.29) is 13.0 Å². The van der Waals surface area contributed by atoms with Gasteiger partial charge in [-0.1, -0.05) is 48.5 Å². The molecule has 5 nitrogen and oxygen atoms in total. The van der Waals surface area contributed by atoms with E-state index < -0.39 is 18.1 Å². The molecule has 5 heteroatoms. The van der Waals surface area contributed by atoms with E-state index in [2.05, 4.69) is 0 Å². The first-order chi connectivity index (χ1) is 11.1. The van der Waals surface area contributed by atoms with E-state index in [1.54, 1.807) is 0 Å². The van der Waals surface area contributed by atoms with Crippen molar-refractivity contribution in [2.75, 3.05) is 4.90 Å². The van der Waals surface area contributed by atoms with Crippen LogP contribution in [0.15, 0.2) is 54.6 Å². The number of rotatable bonds is 4. The van der Waals surface area contributed by atoms with E-state index >= 15 is 0 Å². The van der Waals surface area contributed by atoms with Crippen molar-refractivity contribution < 1.29 is 19.4 Å². The number of fused-ring (bicyclic) bond motifs is 1. The molecule has 1 atom stereocenters. The number of carbonyl (C=O) groups is 2. The highest BCUT2D eigenvalue weighted by molar-refractivity contribution is 5.92. The van der Waals surface area contributed by atoms with Gasteiger partial charge in [-0.25, -0.2) is 4.79 Å². The van der Waals surface area contributed by atoms with Gasteiger partial charge in [0, 0.05) is 0 Å². The molecule has 0 saturated heterocycles. The molecule has 1 aliphatic rings. The van der Waals surface area contributed by atoms with Gasteiger partial charge in [-0.2, -0.15) is 0 Å². The lowest BCUT2D eigenvalue weighted by Gasteiger charge is -2.23. The van der Waals surface area contributed by atoms with Crippen LogP contribution in [-0.4, -0.2) is 23.2 Å². The van der Waals surface area contributed by atoms with Crippen LogP contribution in [0.5, 0.6) is 0 Å². The summed E-state index contributed by atoms with van der Waals surface area (Å²) in [4.78, 5) is 25.0. The lowest BCUT2D eigenvalue weighted by atomic mass is 10.1. The van der Waals surface area contributed by atoms with Crippen molar-refractivity contribution in [1.29, 1.82) is 0 Å². The second kappa shape index (κ2) is 6.52. The number of anilines is 1. The first kappa shape index (κ1) is 15.1. The number of aliphatic carboxylic acids is 1. The number of amides is 1. The van der Waals surface area contributed by atoms with Crippen LogP contribution >= 0.6 is 0 Å². The summed E-state index contributed by atoms with van der Waals surface area (Å²) in [6.07, 6.45) is -0.0806. The molecular weight excluding hydrogens is 294 g/mol. The van der Waals surface area contributed by atoms with Crippen molar-refractivity contribution >= 4 is 17.7 Å². The van der Waals surface area contributed by atoms with Gasteiger partial charge < -0.3 is 9.84 Å². The fraction of sp³-hybridized carbons (Fsp3) is 0.222. The highest BCUT2D eigenvalue weighted by atomic mass is 16.6. The van der Waals surface area contributed by atoms with Crippen LogP contribution < -0.4 is 4.90 Å². The predicted octanol–water partition coefficient (Wildman–Crippen LogP) is 3.23. The molecule has 0 aliphatic carbocycles. The molecule has 1 amide bonds. The van der Waals surface area contributed by atoms with Crippen LogP contribution in [0.1, 0.15) is 17.5 Å². The minimum Gasteiger partial charge on any atom is -0.481 e. The maximum Gasteiger partial charge on any atom is 0.414 e. The second-order valence-corrected chi connectivity index (χ2v) is 5.49. The lowest BCUT2D eigenvalue weighted by molar-refractivity contribution is -0.137. The number of para-hydroxylation sites is 1.